The number of H-pyrrole nitrogens is 1. The zero-order valence-corrected chi connectivity index (χ0v) is 10.8. The molecule has 1 N–H and O–H groups in total. The van der Waals surface area contributed by atoms with Gasteiger partial charge in [0.25, 0.3) is 0 Å². The molecule has 2 nitrogen and oxygen atoms in total. The van der Waals surface area contributed by atoms with E-state index in [0.29, 0.717) is 27.8 Å². The molecule has 1 aromatic carbocycles. The molecule has 0 bridgehead atoms. The third-order valence-corrected chi connectivity index (χ3v) is 3.80. The number of aromatic nitrogens is 2. The lowest BCUT2D eigenvalue weighted by Crippen LogP contribution is -2.03. The van der Waals surface area contributed by atoms with E-state index in [9.17, 15) is 13.2 Å². The van der Waals surface area contributed by atoms with E-state index in [1.54, 1.807) is 18.2 Å². The Balaban J connectivity index is 2.26. The first kappa shape index (κ1) is 12.8. The summed E-state index contributed by atoms with van der Waals surface area (Å²) in [6, 6.07) is 5.16. The van der Waals surface area contributed by atoms with Gasteiger partial charge < -0.3 is 4.98 Å². The number of fused-ring (bicyclic) bond motifs is 1. The molecule has 2 aromatic heterocycles. The van der Waals surface area contributed by atoms with Gasteiger partial charge in [0.15, 0.2) is 0 Å². The molecular formula is C14H7F3N2S. The molecule has 0 aliphatic rings. The fraction of sp³-hybridized carbons (Fsp3) is 0.0714. The highest BCUT2D eigenvalue weighted by molar-refractivity contribution is 7.10. The van der Waals surface area contributed by atoms with Crippen LogP contribution < -0.4 is 0 Å². The van der Waals surface area contributed by atoms with Gasteiger partial charge in [0.05, 0.1) is 11.2 Å². The molecule has 0 fully saturated rings. The maximum Gasteiger partial charge on any atom is 0.427 e. The second-order valence-corrected chi connectivity index (χ2v) is 4.99. The third-order valence-electron chi connectivity index (χ3n) is 2.93. The van der Waals surface area contributed by atoms with E-state index in [2.05, 4.69) is 15.9 Å². The van der Waals surface area contributed by atoms with Crippen LogP contribution in [0.25, 0.3) is 22.2 Å². The molecule has 0 atom stereocenters. The van der Waals surface area contributed by atoms with Crippen LogP contribution in [0.5, 0.6) is 0 Å². The molecule has 0 saturated heterocycles. The van der Waals surface area contributed by atoms with Crippen LogP contribution in [0.3, 0.4) is 0 Å². The number of nitrogens with one attached hydrogen (secondary N) is 1. The monoisotopic (exact) mass is 292 g/mol. The van der Waals surface area contributed by atoms with Crippen LogP contribution >= 0.6 is 11.3 Å². The summed E-state index contributed by atoms with van der Waals surface area (Å²) in [5, 5.41) is 0.636. The summed E-state index contributed by atoms with van der Waals surface area (Å²) < 4.78 is 38.8. The molecule has 20 heavy (non-hydrogen) atoms. The molecule has 0 unspecified atom stereocenters. The predicted molar refractivity (Wildman–Crippen MR) is 72.3 cm³/mol. The Morgan fingerprint density at radius 2 is 2.10 bits per heavy atom. The molecule has 3 aromatic rings. The lowest BCUT2D eigenvalue weighted by Gasteiger charge is -2.05. The van der Waals surface area contributed by atoms with Crippen molar-refractivity contribution in [2.75, 3.05) is 0 Å². The van der Waals surface area contributed by atoms with E-state index in [1.807, 2.05) is 0 Å². The average molecular weight is 292 g/mol. The molecular weight excluding hydrogens is 285 g/mol. The summed E-state index contributed by atoms with van der Waals surface area (Å²) in [5.74, 6) is 2.47. The van der Waals surface area contributed by atoms with Gasteiger partial charge in [-0.15, -0.1) is 17.8 Å². The van der Waals surface area contributed by atoms with Crippen molar-refractivity contribution in [1.29, 1.82) is 0 Å². The van der Waals surface area contributed by atoms with Gasteiger partial charge >= 0.3 is 6.18 Å². The number of aromatic amines is 1. The summed E-state index contributed by atoms with van der Waals surface area (Å²) in [5.41, 5.74) is 2.87. The normalized spacial score (nSPS) is 11.7. The summed E-state index contributed by atoms with van der Waals surface area (Å²) in [7, 11) is 0. The van der Waals surface area contributed by atoms with Crippen LogP contribution in [0.15, 0.2) is 29.9 Å². The van der Waals surface area contributed by atoms with Gasteiger partial charge in [-0.1, -0.05) is 5.92 Å². The van der Waals surface area contributed by atoms with E-state index in [1.165, 1.54) is 11.7 Å². The van der Waals surface area contributed by atoms with Gasteiger partial charge in [-0.25, -0.2) is 4.98 Å². The van der Waals surface area contributed by atoms with Gasteiger partial charge in [-0.2, -0.15) is 13.2 Å². The Morgan fingerprint density at radius 1 is 1.30 bits per heavy atom. The van der Waals surface area contributed by atoms with Crippen LogP contribution in [-0.4, -0.2) is 9.97 Å². The van der Waals surface area contributed by atoms with Crippen molar-refractivity contribution in [3.63, 3.8) is 0 Å². The number of terminal acetylenes is 1. The molecule has 100 valence electrons. The lowest BCUT2D eigenvalue weighted by atomic mass is 10.1. The maximum atomic E-state index is 12.9. The first-order valence-electron chi connectivity index (χ1n) is 5.59. The lowest BCUT2D eigenvalue weighted by molar-refractivity contribution is -0.134. The molecule has 0 aliphatic heterocycles. The fourth-order valence-corrected chi connectivity index (χ4v) is 2.72. The predicted octanol–water partition coefficient (Wildman–Crippen LogP) is 4.29. The summed E-state index contributed by atoms with van der Waals surface area (Å²) in [6.07, 6.45) is 2.43. The Hall–Kier alpha value is -2.26. The average Bonchev–Trinajstić information content (AvgIpc) is 3.02. The van der Waals surface area contributed by atoms with E-state index < -0.39 is 11.1 Å². The Labute approximate surface area is 116 Å². The van der Waals surface area contributed by atoms with E-state index in [0.717, 1.165) is 5.52 Å². The number of thiazole rings is 1. The first-order chi connectivity index (χ1) is 9.50. The largest absolute Gasteiger partial charge is 0.427 e. The molecule has 0 radical (unpaired) electrons. The highest BCUT2D eigenvalue weighted by Gasteiger charge is 2.36. The SMILES string of the molecule is C#Cc1ccc2[nH]cc(-c3ncsc3C(F)(F)F)c2c1. The molecule has 2 heterocycles. The molecule has 0 saturated carbocycles. The number of hydrogen-bond donors (Lipinski definition) is 1. The van der Waals surface area contributed by atoms with Crippen LogP contribution in [-0.2, 0) is 6.18 Å². The van der Waals surface area contributed by atoms with Gasteiger partial charge in [0.1, 0.15) is 4.88 Å². The Bertz CT molecular complexity index is 821. The van der Waals surface area contributed by atoms with Crippen LogP contribution in [0.1, 0.15) is 10.4 Å². The van der Waals surface area contributed by atoms with Crippen LogP contribution in [0, 0.1) is 12.3 Å². The van der Waals surface area contributed by atoms with Crippen molar-refractivity contribution >= 4 is 22.2 Å². The van der Waals surface area contributed by atoms with Crippen molar-refractivity contribution in [2.45, 2.75) is 6.18 Å². The van der Waals surface area contributed by atoms with Crippen LogP contribution in [0.2, 0.25) is 0 Å². The molecule has 0 aliphatic carbocycles. The topological polar surface area (TPSA) is 28.7 Å². The zero-order chi connectivity index (χ0) is 14.3. The number of alkyl halides is 3. The van der Waals surface area contributed by atoms with Gasteiger partial charge in [0.2, 0.25) is 0 Å². The van der Waals surface area contributed by atoms with Gasteiger partial charge in [-0.3, -0.25) is 0 Å². The van der Waals surface area contributed by atoms with Crippen molar-refractivity contribution in [2.24, 2.45) is 0 Å². The molecule has 0 amide bonds. The summed E-state index contributed by atoms with van der Waals surface area (Å²) in [4.78, 5) is 6.09. The van der Waals surface area contributed by atoms with Gasteiger partial charge in [-0.05, 0) is 18.2 Å². The number of nitrogens with zero attached hydrogens (tertiary/aromatic N) is 1. The van der Waals surface area contributed by atoms with Crippen molar-refractivity contribution in [3.8, 4) is 23.6 Å². The molecule has 0 spiro atoms. The quantitative estimate of drug-likeness (QED) is 0.666. The van der Waals surface area contributed by atoms with E-state index in [4.69, 9.17) is 6.42 Å². The second-order valence-electron chi connectivity index (χ2n) is 4.13. The Morgan fingerprint density at radius 3 is 2.80 bits per heavy atom. The second kappa shape index (κ2) is 4.39. The van der Waals surface area contributed by atoms with Crippen LogP contribution in [0.4, 0.5) is 13.2 Å². The maximum absolute atomic E-state index is 12.9. The third kappa shape index (κ3) is 1.96. The minimum absolute atomic E-state index is 0.0667. The number of hydrogen-bond acceptors (Lipinski definition) is 2. The smallest absolute Gasteiger partial charge is 0.360 e. The fourth-order valence-electron chi connectivity index (χ4n) is 2.05. The first-order valence-corrected chi connectivity index (χ1v) is 6.47. The number of rotatable bonds is 1. The minimum atomic E-state index is -4.41. The van der Waals surface area contributed by atoms with E-state index in [-0.39, 0.29) is 5.69 Å². The number of benzene rings is 1. The summed E-state index contributed by atoms with van der Waals surface area (Å²) >= 11 is 0.583. The summed E-state index contributed by atoms with van der Waals surface area (Å²) in [6.45, 7) is 0. The standard InChI is InChI=1S/C14H7F3N2S/c1-2-8-3-4-11-9(5-8)10(6-18-11)12-13(14(15,16)17)20-7-19-12/h1,3-7,18H. The van der Waals surface area contributed by atoms with Crippen molar-refractivity contribution in [1.82, 2.24) is 9.97 Å². The highest BCUT2D eigenvalue weighted by atomic mass is 32.1. The zero-order valence-electron chi connectivity index (χ0n) is 9.95. The minimum Gasteiger partial charge on any atom is -0.360 e. The Kier molecular flexibility index (Phi) is 2.80. The molecule has 6 heteroatoms. The van der Waals surface area contributed by atoms with E-state index >= 15 is 0 Å². The molecule has 3 rings (SSSR count). The van der Waals surface area contributed by atoms with Crippen molar-refractivity contribution in [3.05, 3.63) is 40.3 Å². The highest BCUT2D eigenvalue weighted by Crippen LogP contribution is 2.41. The van der Waals surface area contributed by atoms with Gasteiger partial charge in [0, 0.05) is 28.2 Å². The van der Waals surface area contributed by atoms with Crippen molar-refractivity contribution < 1.29 is 13.2 Å². The number of halogens is 3.